The van der Waals surface area contributed by atoms with Gasteiger partial charge in [0.25, 0.3) is 0 Å². The van der Waals surface area contributed by atoms with Gasteiger partial charge in [-0.05, 0) is 43.1 Å². The van der Waals surface area contributed by atoms with Crippen molar-refractivity contribution in [3.63, 3.8) is 0 Å². The molecule has 2 heteroatoms. The Morgan fingerprint density at radius 1 is 0.913 bits per heavy atom. The Balaban J connectivity index is 1.70. The van der Waals surface area contributed by atoms with Gasteiger partial charge in [0, 0.05) is 6.54 Å². The molecule has 0 unspecified atom stereocenters. The second-order valence-electron chi connectivity index (χ2n) is 6.16. The first-order valence-corrected chi connectivity index (χ1v) is 8.76. The molecular weight excluding hydrogens is 282 g/mol. The van der Waals surface area contributed by atoms with Gasteiger partial charge in [0.2, 0.25) is 0 Å². The van der Waals surface area contributed by atoms with E-state index < -0.39 is 0 Å². The maximum atomic E-state index is 5.85. The van der Waals surface area contributed by atoms with Crippen molar-refractivity contribution in [3.8, 4) is 5.75 Å². The van der Waals surface area contributed by atoms with Crippen molar-refractivity contribution in [2.75, 3.05) is 6.54 Å². The minimum Gasteiger partial charge on any atom is -0.489 e. The summed E-state index contributed by atoms with van der Waals surface area (Å²) in [4.78, 5) is 0. The smallest absolute Gasteiger partial charge is 0.119 e. The minimum atomic E-state index is 0.622. The van der Waals surface area contributed by atoms with Gasteiger partial charge in [-0.1, -0.05) is 68.1 Å². The molecule has 0 aliphatic rings. The molecule has 1 N–H and O–H groups in total. The first-order chi connectivity index (χ1) is 11.3. The third kappa shape index (κ3) is 6.87. The standard InChI is InChI=1S/C21H29NO/c1-3-4-5-6-14-22-16-19-10-12-21(13-11-19)23-17-20-9-7-8-18(2)15-20/h7-13,15,22H,3-6,14,16-17H2,1-2H3. The second kappa shape index (κ2) is 10.1. The molecule has 0 bridgehead atoms. The number of benzene rings is 2. The molecule has 23 heavy (non-hydrogen) atoms. The van der Waals surface area contributed by atoms with E-state index in [1.54, 1.807) is 0 Å². The van der Waals surface area contributed by atoms with Crippen molar-refractivity contribution in [1.82, 2.24) is 5.32 Å². The number of aryl methyl sites for hydroxylation is 1. The van der Waals surface area contributed by atoms with Gasteiger partial charge in [0.05, 0.1) is 0 Å². The molecule has 2 nitrogen and oxygen atoms in total. The number of rotatable bonds is 10. The predicted octanol–water partition coefficient (Wildman–Crippen LogP) is 5.24. The third-order valence-corrected chi connectivity index (χ3v) is 3.95. The number of hydrogen-bond donors (Lipinski definition) is 1. The summed E-state index contributed by atoms with van der Waals surface area (Å²) in [5, 5.41) is 3.50. The largest absolute Gasteiger partial charge is 0.489 e. The van der Waals surface area contributed by atoms with Crippen molar-refractivity contribution in [1.29, 1.82) is 0 Å². The summed E-state index contributed by atoms with van der Waals surface area (Å²) in [5.41, 5.74) is 3.79. The van der Waals surface area contributed by atoms with Gasteiger partial charge in [-0.15, -0.1) is 0 Å². The number of hydrogen-bond acceptors (Lipinski definition) is 2. The number of ether oxygens (including phenoxy) is 1. The van der Waals surface area contributed by atoms with Crippen LogP contribution in [0.25, 0.3) is 0 Å². The van der Waals surface area contributed by atoms with Gasteiger partial charge in [-0.2, -0.15) is 0 Å². The fraction of sp³-hybridized carbons (Fsp3) is 0.429. The molecule has 0 aliphatic heterocycles. The van der Waals surface area contributed by atoms with Crippen molar-refractivity contribution in [2.45, 2.75) is 52.7 Å². The zero-order chi connectivity index (χ0) is 16.3. The first kappa shape index (κ1) is 17.6. The maximum absolute atomic E-state index is 5.85. The highest BCUT2D eigenvalue weighted by molar-refractivity contribution is 5.28. The summed E-state index contributed by atoms with van der Waals surface area (Å²) in [6.07, 6.45) is 5.24. The molecule has 2 aromatic carbocycles. The van der Waals surface area contributed by atoms with E-state index in [1.165, 1.54) is 42.4 Å². The first-order valence-electron chi connectivity index (χ1n) is 8.76. The Morgan fingerprint density at radius 2 is 1.74 bits per heavy atom. The van der Waals surface area contributed by atoms with Crippen molar-refractivity contribution < 1.29 is 4.74 Å². The molecule has 0 aliphatic carbocycles. The van der Waals surface area contributed by atoms with Gasteiger partial charge in [0.15, 0.2) is 0 Å². The van der Waals surface area contributed by atoms with Crippen LogP contribution in [0, 0.1) is 6.92 Å². The monoisotopic (exact) mass is 311 g/mol. The van der Waals surface area contributed by atoms with Crippen LogP contribution in [0.1, 0.15) is 49.3 Å². The van der Waals surface area contributed by atoms with Crippen LogP contribution in [0.15, 0.2) is 48.5 Å². The fourth-order valence-electron chi connectivity index (χ4n) is 2.58. The lowest BCUT2D eigenvalue weighted by atomic mass is 10.1. The highest BCUT2D eigenvalue weighted by Gasteiger charge is 1.98. The number of unbranched alkanes of at least 4 members (excludes halogenated alkanes) is 3. The van der Waals surface area contributed by atoms with Crippen LogP contribution in [0.2, 0.25) is 0 Å². The van der Waals surface area contributed by atoms with E-state index in [2.05, 4.69) is 67.7 Å². The SMILES string of the molecule is CCCCCCNCc1ccc(OCc2cccc(C)c2)cc1. The lowest BCUT2D eigenvalue weighted by Gasteiger charge is -2.09. The molecule has 2 rings (SSSR count). The van der Waals surface area contributed by atoms with Gasteiger partial charge < -0.3 is 10.1 Å². The van der Waals surface area contributed by atoms with Crippen LogP contribution in [0.4, 0.5) is 0 Å². The van der Waals surface area contributed by atoms with E-state index in [9.17, 15) is 0 Å². The second-order valence-corrected chi connectivity index (χ2v) is 6.16. The van der Waals surface area contributed by atoms with Crippen LogP contribution in [0.5, 0.6) is 5.75 Å². The minimum absolute atomic E-state index is 0.622. The summed E-state index contributed by atoms with van der Waals surface area (Å²) in [6, 6.07) is 16.8. The van der Waals surface area contributed by atoms with Crippen LogP contribution >= 0.6 is 0 Å². The predicted molar refractivity (Wildman–Crippen MR) is 97.8 cm³/mol. The Kier molecular flexibility index (Phi) is 7.68. The topological polar surface area (TPSA) is 21.3 Å². The van der Waals surface area contributed by atoms with Crippen LogP contribution < -0.4 is 10.1 Å². The van der Waals surface area contributed by atoms with Crippen molar-refractivity contribution in [2.24, 2.45) is 0 Å². The molecule has 0 atom stereocenters. The quantitative estimate of drug-likeness (QED) is 0.606. The molecule has 0 heterocycles. The van der Waals surface area contributed by atoms with E-state index in [1.807, 2.05) is 0 Å². The average Bonchev–Trinajstić information content (AvgIpc) is 2.57. The van der Waals surface area contributed by atoms with E-state index >= 15 is 0 Å². The molecule has 0 amide bonds. The summed E-state index contributed by atoms with van der Waals surface area (Å²) < 4.78 is 5.85. The lowest BCUT2D eigenvalue weighted by Crippen LogP contribution is -2.14. The molecule has 0 radical (unpaired) electrons. The van der Waals surface area contributed by atoms with Crippen molar-refractivity contribution in [3.05, 3.63) is 65.2 Å². The van der Waals surface area contributed by atoms with E-state index in [-0.39, 0.29) is 0 Å². The van der Waals surface area contributed by atoms with Crippen LogP contribution in [-0.2, 0) is 13.2 Å². The molecule has 0 aromatic heterocycles. The average molecular weight is 311 g/mol. The zero-order valence-electron chi connectivity index (χ0n) is 14.5. The molecule has 0 saturated heterocycles. The molecule has 0 saturated carbocycles. The Hall–Kier alpha value is -1.80. The van der Waals surface area contributed by atoms with Crippen molar-refractivity contribution >= 4 is 0 Å². The molecule has 124 valence electrons. The number of nitrogens with one attached hydrogen (secondary N) is 1. The Labute approximate surface area is 140 Å². The van der Waals surface area contributed by atoms with Gasteiger partial charge in [-0.3, -0.25) is 0 Å². The normalized spacial score (nSPS) is 10.7. The molecular formula is C21H29NO. The van der Waals surface area contributed by atoms with Gasteiger partial charge in [0.1, 0.15) is 12.4 Å². The van der Waals surface area contributed by atoms with Crippen LogP contribution in [0.3, 0.4) is 0 Å². The fourth-order valence-corrected chi connectivity index (χ4v) is 2.58. The molecule has 2 aromatic rings. The van der Waals surface area contributed by atoms with Gasteiger partial charge in [-0.25, -0.2) is 0 Å². The summed E-state index contributed by atoms with van der Waals surface area (Å²) in [7, 11) is 0. The Morgan fingerprint density at radius 3 is 2.48 bits per heavy atom. The third-order valence-electron chi connectivity index (χ3n) is 3.95. The van der Waals surface area contributed by atoms with E-state index in [4.69, 9.17) is 4.74 Å². The molecule has 0 spiro atoms. The van der Waals surface area contributed by atoms with Gasteiger partial charge >= 0.3 is 0 Å². The van der Waals surface area contributed by atoms with E-state index in [0.717, 1.165) is 18.8 Å². The zero-order valence-corrected chi connectivity index (χ0v) is 14.5. The maximum Gasteiger partial charge on any atom is 0.119 e. The summed E-state index contributed by atoms with van der Waals surface area (Å²) in [5.74, 6) is 0.929. The Bertz CT molecular complexity index is 562. The molecule has 0 fully saturated rings. The summed E-state index contributed by atoms with van der Waals surface area (Å²) in [6.45, 7) is 7.01. The summed E-state index contributed by atoms with van der Waals surface area (Å²) >= 11 is 0. The van der Waals surface area contributed by atoms with Crippen LogP contribution in [-0.4, -0.2) is 6.54 Å². The lowest BCUT2D eigenvalue weighted by molar-refractivity contribution is 0.306. The highest BCUT2D eigenvalue weighted by atomic mass is 16.5. The van der Waals surface area contributed by atoms with E-state index in [0.29, 0.717) is 6.61 Å². The highest BCUT2D eigenvalue weighted by Crippen LogP contribution is 2.15.